The van der Waals surface area contributed by atoms with Crippen LogP contribution in [0.1, 0.15) is 24.8 Å². The largest absolute Gasteiger partial charge is 0.462 e. The number of nitrogens with zero attached hydrogens (tertiary/aromatic N) is 4. The van der Waals surface area contributed by atoms with Crippen molar-refractivity contribution in [3.8, 4) is 5.82 Å². The first-order chi connectivity index (χ1) is 13.0. The zero-order valence-corrected chi connectivity index (χ0v) is 14.8. The lowest BCUT2D eigenvalue weighted by Gasteiger charge is -2.10. The molecule has 0 radical (unpaired) electrons. The second kappa shape index (κ2) is 6.79. The van der Waals surface area contributed by atoms with E-state index in [4.69, 9.17) is 4.74 Å². The molecule has 0 spiro atoms. The third-order valence-electron chi connectivity index (χ3n) is 4.55. The predicted molar refractivity (Wildman–Crippen MR) is 97.8 cm³/mol. The quantitative estimate of drug-likeness (QED) is 0.628. The van der Waals surface area contributed by atoms with Crippen LogP contribution in [0.3, 0.4) is 0 Å². The van der Waals surface area contributed by atoms with Gasteiger partial charge in [-0.15, -0.1) is 0 Å². The molecule has 3 aromatic heterocycles. The van der Waals surface area contributed by atoms with Crippen molar-refractivity contribution in [2.75, 3.05) is 0 Å². The van der Waals surface area contributed by atoms with E-state index >= 15 is 0 Å². The summed E-state index contributed by atoms with van der Waals surface area (Å²) >= 11 is 0. The zero-order chi connectivity index (χ0) is 19.0. The van der Waals surface area contributed by atoms with E-state index in [0.29, 0.717) is 17.3 Å². The van der Waals surface area contributed by atoms with E-state index < -0.39 is 11.2 Å². The Morgan fingerprint density at radius 2 is 2.04 bits per heavy atom. The highest BCUT2D eigenvalue weighted by Gasteiger charge is 2.25. The third-order valence-corrected chi connectivity index (χ3v) is 4.55. The van der Waals surface area contributed by atoms with Crippen molar-refractivity contribution < 1.29 is 9.53 Å². The molecule has 0 saturated heterocycles. The lowest BCUT2D eigenvalue weighted by atomic mass is 10.1. The lowest BCUT2D eigenvalue weighted by molar-refractivity contribution is -0.144. The van der Waals surface area contributed by atoms with E-state index in [-0.39, 0.29) is 24.3 Å². The van der Waals surface area contributed by atoms with Crippen LogP contribution >= 0.6 is 0 Å². The van der Waals surface area contributed by atoms with Crippen molar-refractivity contribution in [2.45, 2.75) is 31.8 Å². The van der Waals surface area contributed by atoms with Gasteiger partial charge in [0.2, 0.25) is 0 Å². The summed E-state index contributed by atoms with van der Waals surface area (Å²) in [5.41, 5.74) is 0.369. The van der Waals surface area contributed by atoms with E-state index in [9.17, 15) is 14.4 Å². The first-order valence-corrected chi connectivity index (χ1v) is 8.75. The van der Waals surface area contributed by atoms with Crippen LogP contribution in [0.5, 0.6) is 0 Å². The number of fused-ring (bicyclic) bond motifs is 1. The fraction of sp³-hybridized carbons (Fsp3) is 0.316. The highest BCUT2D eigenvalue weighted by molar-refractivity contribution is 5.76. The number of hydrogen-bond donors (Lipinski definition) is 0. The highest BCUT2D eigenvalue weighted by atomic mass is 16.5. The van der Waals surface area contributed by atoms with Crippen molar-refractivity contribution in [1.82, 2.24) is 19.1 Å². The van der Waals surface area contributed by atoms with Gasteiger partial charge in [-0.2, -0.15) is 0 Å². The monoisotopic (exact) mass is 366 g/mol. The molecular weight excluding hydrogens is 348 g/mol. The summed E-state index contributed by atoms with van der Waals surface area (Å²) in [6.45, 7) is 0. The second-order valence-corrected chi connectivity index (χ2v) is 6.59. The summed E-state index contributed by atoms with van der Waals surface area (Å²) in [4.78, 5) is 45.2. The summed E-state index contributed by atoms with van der Waals surface area (Å²) in [7, 11) is 1.59. The molecule has 0 aromatic carbocycles. The van der Waals surface area contributed by atoms with Gasteiger partial charge in [-0.05, 0) is 37.0 Å². The van der Waals surface area contributed by atoms with Gasteiger partial charge in [0.1, 0.15) is 11.9 Å². The Bertz CT molecular complexity index is 1130. The molecule has 8 heteroatoms. The number of aromatic nitrogens is 4. The minimum atomic E-state index is -0.492. The number of esters is 1. The van der Waals surface area contributed by atoms with Crippen LogP contribution in [0.15, 0.2) is 46.4 Å². The molecule has 1 aliphatic rings. The molecule has 3 heterocycles. The smallest absolute Gasteiger partial charge is 0.337 e. The minimum absolute atomic E-state index is 0.101. The van der Waals surface area contributed by atoms with Gasteiger partial charge in [-0.25, -0.2) is 14.3 Å². The Balaban J connectivity index is 1.61. The van der Waals surface area contributed by atoms with Crippen LogP contribution in [0, 0.1) is 0 Å². The molecule has 138 valence electrons. The molecule has 27 heavy (non-hydrogen) atoms. The zero-order valence-electron chi connectivity index (χ0n) is 14.8. The van der Waals surface area contributed by atoms with Gasteiger partial charge in [0.25, 0.3) is 5.56 Å². The third kappa shape index (κ3) is 3.38. The summed E-state index contributed by atoms with van der Waals surface area (Å²) in [6.07, 6.45) is 7.35. The van der Waals surface area contributed by atoms with Gasteiger partial charge >= 0.3 is 11.7 Å². The van der Waals surface area contributed by atoms with E-state index in [1.807, 2.05) is 0 Å². The maximum absolute atomic E-state index is 12.7. The SMILES string of the molecule is Cn1c(=O)n(-c2ccc(CCC(=O)OC3CC3)cn2)c(=O)c2ccncc21. The van der Waals surface area contributed by atoms with Crippen molar-refractivity contribution in [2.24, 2.45) is 7.05 Å². The van der Waals surface area contributed by atoms with Crippen LogP contribution in [-0.4, -0.2) is 31.2 Å². The Hall–Kier alpha value is -3.29. The van der Waals surface area contributed by atoms with Gasteiger partial charge < -0.3 is 4.74 Å². The molecule has 8 nitrogen and oxygen atoms in total. The minimum Gasteiger partial charge on any atom is -0.462 e. The van der Waals surface area contributed by atoms with Gasteiger partial charge in [0.15, 0.2) is 0 Å². The van der Waals surface area contributed by atoms with Crippen molar-refractivity contribution in [3.63, 3.8) is 0 Å². The maximum atomic E-state index is 12.7. The highest BCUT2D eigenvalue weighted by Crippen LogP contribution is 2.24. The molecule has 1 fully saturated rings. The Kier molecular flexibility index (Phi) is 4.31. The van der Waals surface area contributed by atoms with Crippen LogP contribution in [-0.2, 0) is 23.0 Å². The molecule has 0 bridgehead atoms. The van der Waals surface area contributed by atoms with E-state index in [1.54, 1.807) is 31.4 Å². The normalized spacial score (nSPS) is 13.7. The first-order valence-electron chi connectivity index (χ1n) is 8.75. The number of ether oxygens (including phenoxy) is 1. The molecule has 1 saturated carbocycles. The molecule has 0 amide bonds. The fourth-order valence-corrected chi connectivity index (χ4v) is 2.87. The molecule has 0 atom stereocenters. The maximum Gasteiger partial charge on any atom is 0.337 e. The Morgan fingerprint density at radius 1 is 1.22 bits per heavy atom. The van der Waals surface area contributed by atoms with Gasteiger partial charge in [0.05, 0.1) is 17.1 Å². The molecule has 3 aromatic rings. The van der Waals surface area contributed by atoms with Gasteiger partial charge in [-0.3, -0.25) is 19.1 Å². The van der Waals surface area contributed by atoms with Crippen molar-refractivity contribution in [1.29, 1.82) is 0 Å². The second-order valence-electron chi connectivity index (χ2n) is 6.59. The van der Waals surface area contributed by atoms with Crippen LogP contribution in [0.25, 0.3) is 16.7 Å². The molecule has 1 aliphatic carbocycles. The van der Waals surface area contributed by atoms with Gasteiger partial charge in [0, 0.05) is 25.9 Å². The molecule has 0 unspecified atom stereocenters. The number of hydrogen-bond acceptors (Lipinski definition) is 6. The lowest BCUT2D eigenvalue weighted by Crippen LogP contribution is -2.38. The Labute approximate surface area is 154 Å². The van der Waals surface area contributed by atoms with E-state index in [2.05, 4.69) is 9.97 Å². The van der Waals surface area contributed by atoms with Crippen molar-refractivity contribution >= 4 is 16.9 Å². The molecule has 0 N–H and O–H groups in total. The predicted octanol–water partition coefficient (Wildman–Crippen LogP) is 1.12. The fourth-order valence-electron chi connectivity index (χ4n) is 2.87. The van der Waals surface area contributed by atoms with E-state index in [0.717, 1.165) is 23.0 Å². The van der Waals surface area contributed by atoms with E-state index in [1.165, 1.54) is 17.0 Å². The summed E-state index contributed by atoms with van der Waals surface area (Å²) < 4.78 is 7.61. The number of carbonyl (C=O) groups is 1. The average molecular weight is 366 g/mol. The van der Waals surface area contributed by atoms with Crippen LogP contribution in [0.2, 0.25) is 0 Å². The average Bonchev–Trinajstić information content (AvgIpc) is 3.50. The standard InChI is InChI=1S/C19H18N4O4/c1-22-15-11-20-9-8-14(15)18(25)23(19(22)26)16-6-2-12(10-21-16)3-7-17(24)27-13-4-5-13/h2,6,8-11,13H,3-5,7H2,1H3. The van der Waals surface area contributed by atoms with Gasteiger partial charge in [-0.1, -0.05) is 6.07 Å². The first kappa shape index (κ1) is 17.1. The number of carbonyl (C=O) groups excluding carboxylic acids is 1. The topological polar surface area (TPSA) is 96.1 Å². The summed E-state index contributed by atoms with van der Waals surface area (Å²) in [6, 6.07) is 4.94. The molecule has 4 rings (SSSR count). The Morgan fingerprint density at radius 3 is 2.74 bits per heavy atom. The molecule has 0 aliphatic heterocycles. The summed E-state index contributed by atoms with van der Waals surface area (Å²) in [5.74, 6) is 0.0263. The number of aryl methyl sites for hydroxylation is 2. The number of rotatable bonds is 5. The molecular formula is C19H18N4O4. The van der Waals surface area contributed by atoms with Crippen LogP contribution < -0.4 is 11.2 Å². The van der Waals surface area contributed by atoms with Crippen molar-refractivity contribution in [3.05, 3.63) is 63.2 Å². The summed E-state index contributed by atoms with van der Waals surface area (Å²) in [5, 5.41) is 0.390. The number of pyridine rings is 2. The van der Waals surface area contributed by atoms with Crippen LogP contribution in [0.4, 0.5) is 0 Å².